The molecule has 1 N–H and O–H groups in total. The smallest absolute Gasteiger partial charge is 0.241 e. The van der Waals surface area contributed by atoms with Gasteiger partial charge in [-0.2, -0.15) is 4.72 Å². The van der Waals surface area contributed by atoms with Gasteiger partial charge >= 0.3 is 0 Å². The summed E-state index contributed by atoms with van der Waals surface area (Å²) in [7, 11) is -2.24. The number of fused-ring (bicyclic) bond motifs is 1. The van der Waals surface area contributed by atoms with Gasteiger partial charge < -0.3 is 9.80 Å². The monoisotopic (exact) mass is 471 g/mol. The Labute approximate surface area is 196 Å². The Morgan fingerprint density at radius 1 is 1.12 bits per heavy atom. The molecule has 0 unspecified atom stereocenters. The van der Waals surface area contributed by atoms with E-state index in [1.807, 2.05) is 51.1 Å². The molecule has 0 spiro atoms. The maximum atomic E-state index is 13.2. The fourth-order valence-corrected chi connectivity index (χ4v) is 5.37. The largest absolute Gasteiger partial charge is 0.340 e. The van der Waals surface area contributed by atoms with Gasteiger partial charge in [-0.3, -0.25) is 9.59 Å². The molecule has 0 radical (unpaired) electrons. The SMILES string of the molecule is CCC(=O)N1CCc2cc(S(=O)(=O)N[C@@H](CC(C)C)C(=O)N(C)Cc3ccccc3)ccc21. The van der Waals surface area contributed by atoms with E-state index in [9.17, 15) is 18.0 Å². The number of nitrogens with zero attached hydrogens (tertiary/aromatic N) is 2. The topological polar surface area (TPSA) is 86.8 Å². The molecule has 0 saturated carbocycles. The van der Waals surface area contributed by atoms with Crippen LogP contribution in [0.2, 0.25) is 0 Å². The fourth-order valence-electron chi connectivity index (χ4n) is 4.12. The van der Waals surface area contributed by atoms with Crippen LogP contribution >= 0.6 is 0 Å². The van der Waals surface area contributed by atoms with Gasteiger partial charge in [0.1, 0.15) is 6.04 Å². The minimum Gasteiger partial charge on any atom is -0.340 e. The van der Waals surface area contributed by atoms with E-state index in [0.717, 1.165) is 16.8 Å². The number of rotatable bonds is 9. The van der Waals surface area contributed by atoms with Crippen molar-refractivity contribution in [2.75, 3.05) is 18.5 Å². The second kappa shape index (κ2) is 10.5. The van der Waals surface area contributed by atoms with Gasteiger partial charge in [-0.15, -0.1) is 0 Å². The zero-order chi connectivity index (χ0) is 24.2. The van der Waals surface area contributed by atoms with Crippen LogP contribution in [0.4, 0.5) is 5.69 Å². The quantitative estimate of drug-likeness (QED) is 0.608. The molecule has 0 saturated heterocycles. The van der Waals surface area contributed by atoms with Crippen molar-refractivity contribution < 1.29 is 18.0 Å². The van der Waals surface area contributed by atoms with Gasteiger partial charge in [0.05, 0.1) is 4.90 Å². The number of sulfonamides is 1. The summed E-state index contributed by atoms with van der Waals surface area (Å²) < 4.78 is 29.1. The summed E-state index contributed by atoms with van der Waals surface area (Å²) in [6, 6.07) is 13.5. The van der Waals surface area contributed by atoms with Crippen molar-refractivity contribution in [3.8, 4) is 0 Å². The highest BCUT2D eigenvalue weighted by Gasteiger charge is 2.30. The molecule has 0 aliphatic carbocycles. The fraction of sp³-hybridized carbons (Fsp3) is 0.440. The zero-order valence-electron chi connectivity index (χ0n) is 19.7. The van der Waals surface area contributed by atoms with Crippen molar-refractivity contribution in [1.29, 1.82) is 0 Å². The van der Waals surface area contributed by atoms with Crippen molar-refractivity contribution in [3.63, 3.8) is 0 Å². The average molecular weight is 472 g/mol. The number of benzene rings is 2. The Bertz CT molecular complexity index is 1100. The van der Waals surface area contributed by atoms with Crippen LogP contribution in [0.3, 0.4) is 0 Å². The molecule has 3 rings (SSSR count). The highest BCUT2D eigenvalue weighted by molar-refractivity contribution is 7.89. The molecule has 1 aliphatic heterocycles. The third-order valence-electron chi connectivity index (χ3n) is 5.80. The Kier molecular flexibility index (Phi) is 7.92. The minimum absolute atomic E-state index is 0.0199. The van der Waals surface area contributed by atoms with Crippen LogP contribution in [-0.2, 0) is 32.6 Å². The second-order valence-corrected chi connectivity index (χ2v) is 10.6. The molecule has 2 amide bonds. The molecule has 33 heavy (non-hydrogen) atoms. The maximum Gasteiger partial charge on any atom is 0.241 e. The summed E-state index contributed by atoms with van der Waals surface area (Å²) in [6.07, 6.45) is 1.40. The molecule has 8 heteroatoms. The number of likely N-dealkylation sites (N-methyl/N-ethyl adjacent to an activating group) is 1. The lowest BCUT2D eigenvalue weighted by molar-refractivity contribution is -0.132. The van der Waals surface area contributed by atoms with Gasteiger partial charge in [0.2, 0.25) is 21.8 Å². The van der Waals surface area contributed by atoms with Crippen molar-refractivity contribution in [2.24, 2.45) is 5.92 Å². The first kappa shape index (κ1) is 24.9. The van der Waals surface area contributed by atoms with Gasteiger partial charge in [-0.25, -0.2) is 8.42 Å². The van der Waals surface area contributed by atoms with E-state index in [1.165, 1.54) is 6.07 Å². The number of amides is 2. The van der Waals surface area contributed by atoms with Crippen molar-refractivity contribution in [3.05, 3.63) is 59.7 Å². The summed E-state index contributed by atoms with van der Waals surface area (Å²) in [4.78, 5) is 28.7. The maximum absolute atomic E-state index is 13.2. The first-order valence-corrected chi connectivity index (χ1v) is 12.8. The van der Waals surface area contributed by atoms with E-state index in [2.05, 4.69) is 4.72 Å². The van der Waals surface area contributed by atoms with Crippen LogP contribution in [0.5, 0.6) is 0 Å². The van der Waals surface area contributed by atoms with Crippen LogP contribution in [0, 0.1) is 5.92 Å². The standard InChI is InChI=1S/C25H33N3O4S/c1-5-24(29)28-14-13-20-16-21(11-12-23(20)28)33(31,32)26-22(15-18(2)3)25(30)27(4)17-19-9-7-6-8-10-19/h6-12,16,18,22,26H,5,13-15,17H2,1-4H3/t22-/m0/s1. The lowest BCUT2D eigenvalue weighted by Gasteiger charge is -2.26. The molecular formula is C25H33N3O4S. The van der Waals surface area contributed by atoms with Gasteiger partial charge in [0.25, 0.3) is 0 Å². The third-order valence-corrected chi connectivity index (χ3v) is 7.27. The Balaban J connectivity index is 1.79. The Morgan fingerprint density at radius 3 is 2.45 bits per heavy atom. The normalized spacial score (nSPS) is 14.3. The molecule has 1 aliphatic rings. The first-order valence-electron chi connectivity index (χ1n) is 11.4. The summed E-state index contributed by atoms with van der Waals surface area (Å²) in [5, 5.41) is 0. The van der Waals surface area contributed by atoms with Gasteiger partial charge in [0.15, 0.2) is 0 Å². The second-order valence-electron chi connectivity index (χ2n) is 8.92. The molecular weight excluding hydrogens is 438 g/mol. The minimum atomic E-state index is -3.92. The summed E-state index contributed by atoms with van der Waals surface area (Å²) in [6.45, 7) is 6.68. The molecule has 1 atom stereocenters. The lowest BCUT2D eigenvalue weighted by atomic mass is 10.0. The van der Waals surface area contributed by atoms with Crippen molar-refractivity contribution >= 4 is 27.5 Å². The van der Waals surface area contributed by atoms with E-state index in [1.54, 1.807) is 29.0 Å². The Morgan fingerprint density at radius 2 is 1.82 bits per heavy atom. The zero-order valence-corrected chi connectivity index (χ0v) is 20.6. The number of carbonyl (C=O) groups excluding carboxylic acids is 2. The van der Waals surface area contributed by atoms with Crippen LogP contribution in [0.25, 0.3) is 0 Å². The number of anilines is 1. The molecule has 0 aromatic heterocycles. The molecule has 0 fully saturated rings. The highest BCUT2D eigenvalue weighted by Crippen LogP contribution is 2.31. The third kappa shape index (κ3) is 6.00. The van der Waals surface area contributed by atoms with Crippen molar-refractivity contribution in [2.45, 2.75) is 57.5 Å². The van der Waals surface area contributed by atoms with E-state index >= 15 is 0 Å². The number of hydrogen-bond acceptors (Lipinski definition) is 4. The molecule has 7 nitrogen and oxygen atoms in total. The summed E-state index contributed by atoms with van der Waals surface area (Å²) in [5.41, 5.74) is 2.56. The molecule has 2 aromatic carbocycles. The van der Waals surface area contributed by atoms with E-state index in [4.69, 9.17) is 0 Å². The van der Waals surface area contributed by atoms with E-state index in [0.29, 0.717) is 32.4 Å². The van der Waals surface area contributed by atoms with Crippen LogP contribution < -0.4 is 9.62 Å². The van der Waals surface area contributed by atoms with Gasteiger partial charge in [-0.1, -0.05) is 51.1 Å². The number of carbonyl (C=O) groups is 2. The highest BCUT2D eigenvalue weighted by atomic mass is 32.2. The summed E-state index contributed by atoms with van der Waals surface area (Å²) >= 11 is 0. The molecule has 1 heterocycles. The predicted molar refractivity (Wildman–Crippen MR) is 129 cm³/mol. The number of nitrogens with one attached hydrogen (secondary N) is 1. The van der Waals surface area contributed by atoms with Crippen LogP contribution in [-0.4, -0.2) is 44.8 Å². The van der Waals surface area contributed by atoms with Gasteiger partial charge in [0, 0.05) is 32.2 Å². The average Bonchev–Trinajstić information content (AvgIpc) is 3.21. The Hall–Kier alpha value is -2.71. The number of hydrogen-bond donors (Lipinski definition) is 1. The van der Waals surface area contributed by atoms with Crippen LogP contribution in [0.1, 0.15) is 44.7 Å². The van der Waals surface area contributed by atoms with E-state index < -0.39 is 16.1 Å². The lowest BCUT2D eigenvalue weighted by Crippen LogP contribution is -2.47. The van der Waals surface area contributed by atoms with Gasteiger partial charge in [-0.05, 0) is 48.1 Å². The molecule has 178 valence electrons. The van der Waals surface area contributed by atoms with Crippen LogP contribution in [0.15, 0.2) is 53.4 Å². The molecule has 2 aromatic rings. The van der Waals surface area contributed by atoms with Crippen molar-refractivity contribution in [1.82, 2.24) is 9.62 Å². The summed E-state index contributed by atoms with van der Waals surface area (Å²) in [5.74, 6) is -0.121. The predicted octanol–water partition coefficient (Wildman–Crippen LogP) is 3.34. The molecule has 0 bridgehead atoms. The first-order chi connectivity index (χ1) is 15.6. The van der Waals surface area contributed by atoms with E-state index in [-0.39, 0.29) is 22.6 Å².